The SMILES string of the molecule is CC(CCOC(=O)N1CC(F)(F)C1)N(C)C. The monoisotopic (exact) mass is 236 g/mol. The minimum atomic E-state index is -2.73. The lowest BCUT2D eigenvalue weighted by atomic mass is 10.2. The van der Waals surface area contributed by atoms with Crippen molar-refractivity contribution < 1.29 is 18.3 Å². The standard InChI is InChI=1S/C10H18F2N2O2/c1-8(13(2)3)4-5-16-9(15)14-6-10(11,12)7-14/h8H,4-7H2,1-3H3. The first-order valence-corrected chi connectivity index (χ1v) is 5.28. The Kier molecular flexibility index (Phi) is 4.07. The number of halogens is 2. The van der Waals surface area contributed by atoms with E-state index in [-0.39, 0.29) is 6.61 Å². The summed E-state index contributed by atoms with van der Waals surface area (Å²) in [6.07, 6.45) is 0.0556. The number of rotatable bonds is 4. The van der Waals surface area contributed by atoms with Crippen LogP contribution in [0.1, 0.15) is 13.3 Å². The molecule has 1 amide bonds. The first-order chi connectivity index (χ1) is 7.32. The molecule has 16 heavy (non-hydrogen) atoms. The van der Waals surface area contributed by atoms with E-state index >= 15 is 0 Å². The maximum absolute atomic E-state index is 12.4. The van der Waals surface area contributed by atoms with E-state index in [1.807, 2.05) is 25.9 Å². The first-order valence-electron chi connectivity index (χ1n) is 5.28. The van der Waals surface area contributed by atoms with Crippen LogP contribution in [-0.4, -0.2) is 61.6 Å². The van der Waals surface area contributed by atoms with E-state index in [4.69, 9.17) is 4.74 Å². The first kappa shape index (κ1) is 13.2. The van der Waals surface area contributed by atoms with Crippen LogP contribution in [0.15, 0.2) is 0 Å². The summed E-state index contributed by atoms with van der Waals surface area (Å²) in [5.74, 6) is -2.73. The smallest absolute Gasteiger partial charge is 0.410 e. The molecule has 1 saturated heterocycles. The third kappa shape index (κ3) is 3.59. The van der Waals surface area contributed by atoms with E-state index < -0.39 is 25.1 Å². The molecule has 94 valence electrons. The molecule has 4 nitrogen and oxygen atoms in total. The summed E-state index contributed by atoms with van der Waals surface area (Å²) in [5.41, 5.74) is 0. The molecule has 1 fully saturated rings. The molecule has 0 aliphatic carbocycles. The highest BCUT2D eigenvalue weighted by Crippen LogP contribution is 2.26. The van der Waals surface area contributed by atoms with Crippen molar-refractivity contribution in [3.63, 3.8) is 0 Å². The molecule has 1 rings (SSSR count). The lowest BCUT2D eigenvalue weighted by Crippen LogP contribution is -2.58. The fraction of sp³-hybridized carbons (Fsp3) is 0.900. The largest absolute Gasteiger partial charge is 0.449 e. The molecular formula is C10H18F2N2O2. The van der Waals surface area contributed by atoms with Crippen LogP contribution in [-0.2, 0) is 4.74 Å². The van der Waals surface area contributed by atoms with E-state index in [9.17, 15) is 13.6 Å². The van der Waals surface area contributed by atoms with Gasteiger partial charge in [0.25, 0.3) is 5.92 Å². The third-order valence-electron chi connectivity index (χ3n) is 2.75. The highest BCUT2D eigenvalue weighted by Gasteiger charge is 2.47. The molecule has 0 aromatic heterocycles. The van der Waals surface area contributed by atoms with Gasteiger partial charge in [0.1, 0.15) is 0 Å². The van der Waals surface area contributed by atoms with Crippen LogP contribution in [0.2, 0.25) is 0 Å². The number of hydrogen-bond acceptors (Lipinski definition) is 3. The van der Waals surface area contributed by atoms with E-state index in [1.165, 1.54) is 0 Å². The Morgan fingerprint density at radius 3 is 2.50 bits per heavy atom. The molecule has 1 heterocycles. The molecule has 1 aliphatic heterocycles. The highest BCUT2D eigenvalue weighted by atomic mass is 19.3. The Morgan fingerprint density at radius 1 is 1.50 bits per heavy atom. The summed E-state index contributed by atoms with van der Waals surface area (Å²) in [6, 6.07) is 0.297. The van der Waals surface area contributed by atoms with E-state index in [2.05, 4.69) is 0 Å². The van der Waals surface area contributed by atoms with Gasteiger partial charge in [-0.05, 0) is 27.4 Å². The van der Waals surface area contributed by atoms with Gasteiger partial charge in [0.15, 0.2) is 0 Å². The number of carbonyl (C=O) groups excluding carboxylic acids is 1. The van der Waals surface area contributed by atoms with Gasteiger partial charge in [-0.15, -0.1) is 0 Å². The lowest BCUT2D eigenvalue weighted by Gasteiger charge is -2.37. The van der Waals surface area contributed by atoms with Crippen molar-refractivity contribution in [3.05, 3.63) is 0 Å². The van der Waals surface area contributed by atoms with Crippen LogP contribution in [0.25, 0.3) is 0 Å². The second-order valence-corrected chi connectivity index (χ2v) is 4.43. The Balaban J connectivity index is 2.13. The number of carbonyl (C=O) groups is 1. The summed E-state index contributed by atoms with van der Waals surface area (Å²) in [6.45, 7) is 1.23. The molecule has 0 saturated carbocycles. The third-order valence-corrected chi connectivity index (χ3v) is 2.75. The fourth-order valence-electron chi connectivity index (χ4n) is 1.31. The Hall–Kier alpha value is -0.910. The minimum absolute atomic E-state index is 0.264. The molecule has 6 heteroatoms. The fourth-order valence-corrected chi connectivity index (χ4v) is 1.31. The van der Waals surface area contributed by atoms with Crippen molar-refractivity contribution in [2.45, 2.75) is 25.3 Å². The molecule has 0 aromatic rings. The Morgan fingerprint density at radius 2 is 2.06 bits per heavy atom. The lowest BCUT2D eigenvalue weighted by molar-refractivity contribution is -0.120. The molecular weight excluding hydrogens is 218 g/mol. The predicted octanol–water partition coefficient (Wildman–Crippen LogP) is 1.41. The van der Waals surface area contributed by atoms with Crippen molar-refractivity contribution in [1.82, 2.24) is 9.80 Å². The van der Waals surface area contributed by atoms with Crippen molar-refractivity contribution in [2.75, 3.05) is 33.8 Å². The zero-order valence-corrected chi connectivity index (χ0v) is 9.87. The van der Waals surface area contributed by atoms with Gasteiger partial charge in [-0.1, -0.05) is 0 Å². The van der Waals surface area contributed by atoms with Gasteiger partial charge < -0.3 is 9.64 Å². The summed E-state index contributed by atoms with van der Waals surface area (Å²) < 4.78 is 29.8. The topological polar surface area (TPSA) is 32.8 Å². The number of ether oxygens (including phenoxy) is 1. The quantitative estimate of drug-likeness (QED) is 0.740. The van der Waals surface area contributed by atoms with Crippen LogP contribution in [0.3, 0.4) is 0 Å². The number of nitrogens with zero attached hydrogens (tertiary/aromatic N) is 2. The van der Waals surface area contributed by atoms with Crippen LogP contribution in [0.4, 0.5) is 13.6 Å². The van der Waals surface area contributed by atoms with Crippen LogP contribution < -0.4 is 0 Å². The summed E-state index contributed by atoms with van der Waals surface area (Å²) >= 11 is 0. The van der Waals surface area contributed by atoms with Crippen LogP contribution in [0, 0.1) is 0 Å². The van der Waals surface area contributed by atoms with Crippen molar-refractivity contribution in [2.24, 2.45) is 0 Å². The maximum Gasteiger partial charge on any atom is 0.410 e. The van der Waals surface area contributed by atoms with Gasteiger partial charge in [-0.2, -0.15) is 0 Å². The second kappa shape index (κ2) is 4.95. The van der Waals surface area contributed by atoms with E-state index in [1.54, 1.807) is 0 Å². The normalized spacial score (nSPS) is 20.5. The zero-order valence-electron chi connectivity index (χ0n) is 9.87. The molecule has 1 aliphatic rings. The molecule has 0 N–H and O–H groups in total. The maximum atomic E-state index is 12.4. The van der Waals surface area contributed by atoms with Gasteiger partial charge in [0.2, 0.25) is 0 Å². The van der Waals surface area contributed by atoms with Gasteiger partial charge in [0, 0.05) is 6.04 Å². The highest BCUT2D eigenvalue weighted by molar-refractivity contribution is 5.69. The molecule has 0 spiro atoms. The summed E-state index contributed by atoms with van der Waals surface area (Å²) in [5, 5.41) is 0. The molecule has 0 aromatic carbocycles. The molecule has 1 atom stereocenters. The molecule has 1 unspecified atom stereocenters. The zero-order chi connectivity index (χ0) is 12.3. The number of amides is 1. The van der Waals surface area contributed by atoms with E-state index in [0.717, 1.165) is 4.90 Å². The van der Waals surface area contributed by atoms with Gasteiger partial charge in [-0.3, -0.25) is 4.90 Å². The number of likely N-dealkylation sites (tertiary alicyclic amines) is 1. The van der Waals surface area contributed by atoms with E-state index in [0.29, 0.717) is 12.5 Å². The minimum Gasteiger partial charge on any atom is -0.449 e. The molecule has 0 radical (unpaired) electrons. The Bertz CT molecular complexity index is 251. The second-order valence-electron chi connectivity index (χ2n) is 4.43. The summed E-state index contributed by atoms with van der Waals surface area (Å²) in [4.78, 5) is 14.2. The Labute approximate surface area is 94.1 Å². The average molecular weight is 236 g/mol. The number of hydrogen-bond donors (Lipinski definition) is 0. The van der Waals surface area contributed by atoms with Crippen molar-refractivity contribution in [3.8, 4) is 0 Å². The predicted molar refractivity (Wildman–Crippen MR) is 55.6 cm³/mol. The average Bonchev–Trinajstić information content (AvgIpc) is 2.13. The van der Waals surface area contributed by atoms with Gasteiger partial charge in [0.05, 0.1) is 19.7 Å². The molecule has 0 bridgehead atoms. The van der Waals surface area contributed by atoms with Crippen molar-refractivity contribution in [1.29, 1.82) is 0 Å². The summed E-state index contributed by atoms with van der Waals surface area (Å²) in [7, 11) is 3.87. The van der Waals surface area contributed by atoms with Gasteiger partial charge in [-0.25, -0.2) is 13.6 Å². The van der Waals surface area contributed by atoms with Crippen molar-refractivity contribution >= 4 is 6.09 Å². The number of alkyl halides is 2. The van der Waals surface area contributed by atoms with Gasteiger partial charge >= 0.3 is 6.09 Å². The van der Waals surface area contributed by atoms with Crippen LogP contribution in [0.5, 0.6) is 0 Å². The van der Waals surface area contributed by atoms with Crippen LogP contribution >= 0.6 is 0 Å².